The van der Waals surface area contributed by atoms with Gasteiger partial charge in [-0.1, -0.05) is 11.8 Å². The van der Waals surface area contributed by atoms with Gasteiger partial charge in [-0.25, -0.2) is 0 Å². The molecule has 0 aromatic carbocycles. The van der Waals surface area contributed by atoms with Crippen LogP contribution >= 0.6 is 0 Å². The first-order chi connectivity index (χ1) is 3.56. The van der Waals surface area contributed by atoms with Crippen molar-refractivity contribution in [2.75, 3.05) is 6.61 Å². The summed E-state index contributed by atoms with van der Waals surface area (Å²) in [6, 6.07) is 0. The number of hydrogen-bond acceptors (Lipinski definition) is 2. The van der Waals surface area contributed by atoms with Crippen LogP contribution in [0.2, 0.25) is 0 Å². The zero-order chi connectivity index (χ0) is 6.62. The molecule has 0 spiro atoms. The Morgan fingerprint density at radius 1 is 1.50 bits per heavy atom. The van der Waals surface area contributed by atoms with Crippen molar-refractivity contribution in [1.29, 1.82) is 0 Å². The molecule has 2 heteroatoms. The normalized spacial score (nSPS) is 10.0. The maximum absolute atomic E-state index is 8.86. The van der Waals surface area contributed by atoms with Crippen LogP contribution < -0.4 is 0 Å². The van der Waals surface area contributed by atoms with Gasteiger partial charge in [-0.05, 0) is 13.8 Å². The van der Waals surface area contributed by atoms with Crippen molar-refractivity contribution in [3.05, 3.63) is 0 Å². The van der Waals surface area contributed by atoms with Gasteiger partial charge in [0.15, 0.2) is 0 Å². The van der Waals surface area contributed by atoms with Gasteiger partial charge in [-0.3, -0.25) is 0 Å². The molecular weight excluding hydrogens is 104 g/mol. The Bertz CT molecular complexity index is 111. The summed E-state index contributed by atoms with van der Waals surface area (Å²) in [5.74, 6) is 4.77. The predicted octanol–water partition coefficient (Wildman–Crippen LogP) is -0.247. The van der Waals surface area contributed by atoms with Gasteiger partial charge in [-0.2, -0.15) is 0 Å². The van der Waals surface area contributed by atoms with Crippen LogP contribution in [0.15, 0.2) is 0 Å². The highest BCUT2D eigenvalue weighted by Gasteiger charge is 2.04. The molecule has 2 N–H and O–H groups in total. The topological polar surface area (TPSA) is 40.5 Å². The minimum Gasteiger partial charge on any atom is -0.384 e. The van der Waals surface area contributed by atoms with Crippen LogP contribution in [0.5, 0.6) is 0 Å². The molecule has 0 amide bonds. The Morgan fingerprint density at radius 2 is 2.00 bits per heavy atom. The van der Waals surface area contributed by atoms with E-state index in [9.17, 15) is 0 Å². The standard InChI is InChI=1S/C6H10O2/c1-6(2,8)4-3-5-7/h7-8H,5H2,1-2H3. The highest BCUT2D eigenvalue weighted by atomic mass is 16.3. The largest absolute Gasteiger partial charge is 0.384 e. The lowest BCUT2D eigenvalue weighted by Crippen LogP contribution is -2.14. The molecule has 0 aliphatic carbocycles. The van der Waals surface area contributed by atoms with E-state index in [0.29, 0.717) is 0 Å². The van der Waals surface area contributed by atoms with Gasteiger partial charge in [-0.15, -0.1) is 0 Å². The van der Waals surface area contributed by atoms with Gasteiger partial charge in [0, 0.05) is 0 Å². The van der Waals surface area contributed by atoms with Crippen LogP contribution in [0, 0.1) is 11.8 Å². The van der Waals surface area contributed by atoms with Crippen molar-refractivity contribution in [3.63, 3.8) is 0 Å². The molecule has 0 atom stereocenters. The molecule has 0 radical (unpaired) electrons. The number of hydrogen-bond donors (Lipinski definition) is 2. The summed E-state index contributed by atoms with van der Waals surface area (Å²) in [7, 11) is 0. The second-order valence-corrected chi connectivity index (χ2v) is 2.02. The Morgan fingerprint density at radius 3 is 2.12 bits per heavy atom. The van der Waals surface area contributed by atoms with Crippen LogP contribution in [0.1, 0.15) is 13.8 Å². The number of aliphatic hydroxyl groups is 2. The molecule has 0 fully saturated rings. The van der Waals surface area contributed by atoms with Gasteiger partial charge < -0.3 is 10.2 Å². The molecule has 0 unspecified atom stereocenters. The first kappa shape index (κ1) is 7.48. The Kier molecular flexibility index (Phi) is 2.53. The fourth-order valence-corrected chi connectivity index (χ4v) is 0.256. The van der Waals surface area contributed by atoms with Crippen molar-refractivity contribution < 1.29 is 10.2 Å². The minimum atomic E-state index is -0.970. The molecule has 8 heavy (non-hydrogen) atoms. The average molecular weight is 114 g/mol. The summed E-state index contributed by atoms with van der Waals surface area (Å²) in [6.45, 7) is 2.94. The zero-order valence-electron chi connectivity index (χ0n) is 5.10. The third kappa shape index (κ3) is 5.48. The molecule has 46 valence electrons. The van der Waals surface area contributed by atoms with E-state index in [-0.39, 0.29) is 6.61 Å². The van der Waals surface area contributed by atoms with Gasteiger partial charge in [0.1, 0.15) is 12.2 Å². The molecule has 0 saturated carbocycles. The van der Waals surface area contributed by atoms with E-state index in [1.165, 1.54) is 0 Å². The fraction of sp³-hybridized carbons (Fsp3) is 0.667. The Balaban J connectivity index is 3.69. The van der Waals surface area contributed by atoms with E-state index in [0.717, 1.165) is 0 Å². The van der Waals surface area contributed by atoms with Crippen LogP contribution in [0.3, 0.4) is 0 Å². The van der Waals surface area contributed by atoms with Crippen molar-refractivity contribution in [1.82, 2.24) is 0 Å². The molecular formula is C6H10O2. The predicted molar refractivity (Wildman–Crippen MR) is 31.2 cm³/mol. The molecule has 2 nitrogen and oxygen atoms in total. The summed E-state index contributed by atoms with van der Waals surface area (Å²) in [5, 5.41) is 17.0. The van der Waals surface area contributed by atoms with Crippen molar-refractivity contribution >= 4 is 0 Å². The summed E-state index contributed by atoms with van der Waals surface area (Å²) >= 11 is 0. The van der Waals surface area contributed by atoms with E-state index >= 15 is 0 Å². The summed E-state index contributed by atoms with van der Waals surface area (Å²) in [5.41, 5.74) is -0.970. The third-order valence-electron chi connectivity index (χ3n) is 0.473. The number of aliphatic hydroxyl groups excluding tert-OH is 1. The highest BCUT2D eigenvalue weighted by molar-refractivity contribution is 5.09. The van der Waals surface area contributed by atoms with E-state index in [1.54, 1.807) is 13.8 Å². The fourth-order valence-electron chi connectivity index (χ4n) is 0.256. The van der Waals surface area contributed by atoms with Crippen molar-refractivity contribution in [3.8, 4) is 11.8 Å². The lowest BCUT2D eigenvalue weighted by Gasteiger charge is -2.05. The highest BCUT2D eigenvalue weighted by Crippen LogP contribution is 1.95. The molecule has 0 aromatic heterocycles. The summed E-state index contributed by atoms with van der Waals surface area (Å²) in [6.07, 6.45) is 0. The zero-order valence-corrected chi connectivity index (χ0v) is 5.10. The lowest BCUT2D eigenvalue weighted by atomic mass is 10.1. The van der Waals surface area contributed by atoms with Gasteiger partial charge in [0.25, 0.3) is 0 Å². The van der Waals surface area contributed by atoms with Crippen LogP contribution in [0.25, 0.3) is 0 Å². The molecule has 0 saturated heterocycles. The smallest absolute Gasteiger partial charge is 0.120 e. The SMILES string of the molecule is CC(C)(O)C#CCO. The second kappa shape index (κ2) is 2.71. The van der Waals surface area contributed by atoms with E-state index in [4.69, 9.17) is 10.2 Å². The molecule has 0 aromatic rings. The van der Waals surface area contributed by atoms with E-state index < -0.39 is 5.60 Å². The molecule has 0 aliphatic heterocycles. The quantitative estimate of drug-likeness (QED) is 0.426. The maximum Gasteiger partial charge on any atom is 0.120 e. The van der Waals surface area contributed by atoms with Crippen molar-refractivity contribution in [2.24, 2.45) is 0 Å². The first-order valence-corrected chi connectivity index (χ1v) is 2.39. The molecule has 0 heterocycles. The van der Waals surface area contributed by atoms with Crippen molar-refractivity contribution in [2.45, 2.75) is 19.4 Å². The van der Waals surface area contributed by atoms with Crippen LogP contribution in [-0.2, 0) is 0 Å². The van der Waals surface area contributed by atoms with Gasteiger partial charge in [0.05, 0.1) is 0 Å². The lowest BCUT2D eigenvalue weighted by molar-refractivity contribution is 0.143. The Hall–Kier alpha value is -0.520. The number of rotatable bonds is 0. The van der Waals surface area contributed by atoms with Crippen LogP contribution in [0.4, 0.5) is 0 Å². The molecule has 0 aliphatic rings. The third-order valence-corrected chi connectivity index (χ3v) is 0.473. The van der Waals surface area contributed by atoms with E-state index in [1.807, 2.05) is 0 Å². The van der Waals surface area contributed by atoms with Crippen LogP contribution in [-0.4, -0.2) is 22.4 Å². The average Bonchev–Trinajstić information content (AvgIpc) is 1.59. The second-order valence-electron chi connectivity index (χ2n) is 2.02. The monoisotopic (exact) mass is 114 g/mol. The van der Waals surface area contributed by atoms with Gasteiger partial charge >= 0.3 is 0 Å². The minimum absolute atomic E-state index is 0.190. The Labute approximate surface area is 49.2 Å². The first-order valence-electron chi connectivity index (χ1n) is 2.39. The summed E-state index contributed by atoms with van der Waals surface area (Å²) < 4.78 is 0. The summed E-state index contributed by atoms with van der Waals surface area (Å²) in [4.78, 5) is 0. The van der Waals surface area contributed by atoms with Gasteiger partial charge in [0.2, 0.25) is 0 Å². The maximum atomic E-state index is 8.86. The molecule has 0 rings (SSSR count). The molecule has 0 bridgehead atoms. The van der Waals surface area contributed by atoms with E-state index in [2.05, 4.69) is 11.8 Å².